The Bertz CT molecular complexity index is 1320. The standard InChI is InChI=1S/C27H22BN6.Tl/c1-4-10-22(11-5-1)25-16-19-32(29-25)28(33-20-17-26(30-33)23-12-6-2-7-13-23)34-21-18-27(31-34)24-14-8-3-9-15-24;/h1-21,28H;/q-1;+1. The molecule has 6 aromatic rings. The fourth-order valence-electron chi connectivity index (χ4n) is 4.29. The normalized spacial score (nSPS) is 10.9. The molecule has 0 aliphatic carbocycles. The van der Waals surface area contributed by atoms with Gasteiger partial charge in [0.15, 0.2) is 0 Å². The smallest absolute Gasteiger partial charge is 0.402 e. The molecule has 6 rings (SSSR count). The van der Waals surface area contributed by atoms with Crippen LogP contribution in [0.5, 0.6) is 0 Å². The van der Waals surface area contributed by atoms with E-state index in [0.717, 1.165) is 33.8 Å². The maximum Gasteiger partial charge on any atom is 1.00 e. The van der Waals surface area contributed by atoms with E-state index in [9.17, 15) is 0 Å². The Labute approximate surface area is 224 Å². The van der Waals surface area contributed by atoms with Crippen molar-refractivity contribution in [3.05, 3.63) is 128 Å². The van der Waals surface area contributed by atoms with Gasteiger partial charge in [-0.1, -0.05) is 91.0 Å². The number of aromatic nitrogens is 6. The Hall–Kier alpha value is -3.72. The first-order chi connectivity index (χ1) is 16.8. The van der Waals surface area contributed by atoms with Gasteiger partial charge < -0.3 is 13.8 Å². The van der Waals surface area contributed by atoms with Crippen LogP contribution >= 0.6 is 0 Å². The third-order valence-electron chi connectivity index (χ3n) is 6.00. The van der Waals surface area contributed by atoms with Gasteiger partial charge in [-0.15, -0.1) is 0 Å². The van der Waals surface area contributed by atoms with Crippen LogP contribution in [0.15, 0.2) is 128 Å². The first kappa shape index (κ1) is 23.0. The van der Waals surface area contributed by atoms with Crippen LogP contribution in [0.3, 0.4) is 0 Å². The van der Waals surface area contributed by atoms with Crippen LogP contribution in [-0.4, -0.2) is 63.5 Å². The molecule has 0 bridgehead atoms. The van der Waals surface area contributed by atoms with Gasteiger partial charge in [0.25, 0.3) is 0 Å². The summed E-state index contributed by atoms with van der Waals surface area (Å²) in [4.78, 5) is 0. The van der Waals surface area contributed by atoms with Crippen molar-refractivity contribution in [2.75, 3.05) is 0 Å². The Kier molecular flexibility index (Phi) is 6.76. The molecule has 166 valence electrons. The second kappa shape index (κ2) is 10.3. The van der Waals surface area contributed by atoms with Crippen molar-refractivity contribution >= 4 is 34.4 Å². The van der Waals surface area contributed by atoms with Gasteiger partial charge in [-0.05, 0) is 36.8 Å². The van der Waals surface area contributed by atoms with Gasteiger partial charge in [-0.3, -0.25) is 0 Å². The zero-order valence-electron chi connectivity index (χ0n) is 19.1. The topological polar surface area (TPSA) is 53.5 Å². The molecule has 3 heterocycles. The number of hydrogen-bond acceptors (Lipinski definition) is 3. The van der Waals surface area contributed by atoms with Crippen LogP contribution in [0.2, 0.25) is 0 Å². The molecule has 0 saturated heterocycles. The van der Waals surface area contributed by atoms with Crippen molar-refractivity contribution in [1.29, 1.82) is 0 Å². The van der Waals surface area contributed by atoms with Gasteiger partial charge in [0.1, 0.15) is 0 Å². The Morgan fingerprint density at radius 2 is 0.686 bits per heavy atom. The molecule has 0 N–H and O–H groups in total. The Morgan fingerprint density at radius 3 is 0.971 bits per heavy atom. The maximum absolute atomic E-state index is 4.93. The first-order valence-corrected chi connectivity index (χ1v) is 11.3. The molecule has 0 saturated carbocycles. The molecule has 0 fully saturated rings. The molecule has 3 aromatic heterocycles. The molecule has 0 aliphatic heterocycles. The van der Waals surface area contributed by atoms with E-state index in [1.54, 1.807) is 0 Å². The van der Waals surface area contributed by atoms with Gasteiger partial charge in [-0.2, -0.15) is 0 Å². The quantitative estimate of drug-likeness (QED) is 0.250. The predicted molar refractivity (Wildman–Crippen MR) is 142 cm³/mol. The molecule has 0 spiro atoms. The summed E-state index contributed by atoms with van der Waals surface area (Å²) < 4.78 is 5.93. The van der Waals surface area contributed by atoms with Crippen molar-refractivity contribution in [3.8, 4) is 33.8 Å². The zero-order chi connectivity index (χ0) is 22.7. The van der Waals surface area contributed by atoms with Gasteiger partial charge in [-0.25, -0.2) is 15.3 Å². The minimum absolute atomic E-state index is 0. The SMILES string of the molecule is [Tl+].c1ccc(-c2ccn([BH-](n3ccc(-c4ccccc4)n3)n3ccc(-c4ccccc4)n3)n2)cc1. The summed E-state index contributed by atoms with van der Waals surface area (Å²) in [6, 6.07) is 36.7. The molecule has 0 aliphatic rings. The van der Waals surface area contributed by atoms with E-state index < -0.39 is 7.12 Å². The molecule has 0 unspecified atom stereocenters. The van der Waals surface area contributed by atoms with Crippen LogP contribution < -0.4 is 0 Å². The Morgan fingerprint density at radius 1 is 0.400 bits per heavy atom. The van der Waals surface area contributed by atoms with Crippen molar-refractivity contribution in [2.45, 2.75) is 0 Å². The van der Waals surface area contributed by atoms with E-state index in [0.29, 0.717) is 0 Å². The van der Waals surface area contributed by atoms with Crippen molar-refractivity contribution in [3.63, 3.8) is 0 Å². The van der Waals surface area contributed by atoms with E-state index in [2.05, 4.69) is 36.4 Å². The fraction of sp³-hybridized carbons (Fsp3) is 0. The fourth-order valence-corrected chi connectivity index (χ4v) is 4.29. The molecule has 0 amide bonds. The van der Waals surface area contributed by atoms with Gasteiger partial charge >= 0.3 is 34.4 Å². The van der Waals surface area contributed by atoms with Crippen LogP contribution in [-0.2, 0) is 0 Å². The number of nitrogens with zero attached hydrogens (tertiary/aromatic N) is 6. The van der Waals surface area contributed by atoms with E-state index in [4.69, 9.17) is 15.3 Å². The summed E-state index contributed by atoms with van der Waals surface area (Å²) >= 11 is 0. The largest absolute Gasteiger partial charge is 1.00 e. The average molecular weight is 646 g/mol. The summed E-state index contributed by atoms with van der Waals surface area (Å²) in [6.45, 7) is 0. The second-order valence-electron chi connectivity index (χ2n) is 8.24. The van der Waals surface area contributed by atoms with Crippen molar-refractivity contribution in [1.82, 2.24) is 29.1 Å². The summed E-state index contributed by atoms with van der Waals surface area (Å²) in [5.41, 5.74) is 6.00. The van der Waals surface area contributed by atoms with E-state index >= 15 is 0 Å². The molecule has 0 atom stereocenters. The first-order valence-electron chi connectivity index (χ1n) is 11.3. The van der Waals surface area contributed by atoms with Crippen molar-refractivity contribution in [2.24, 2.45) is 0 Å². The molecule has 6 nitrogen and oxygen atoms in total. The van der Waals surface area contributed by atoms with Gasteiger partial charge in [0.05, 0.1) is 17.1 Å². The number of rotatable bonds is 6. The van der Waals surface area contributed by atoms with Crippen LogP contribution in [0.25, 0.3) is 33.8 Å². The van der Waals surface area contributed by atoms with Crippen LogP contribution in [0.4, 0.5) is 0 Å². The average Bonchev–Trinajstić information content (AvgIpc) is 3.68. The molecule has 35 heavy (non-hydrogen) atoms. The Balaban J connectivity index is 0.00000253. The van der Waals surface area contributed by atoms with E-state index in [-0.39, 0.29) is 27.3 Å². The molecular formula is C27H22BN6Tl. The predicted octanol–water partition coefficient (Wildman–Crippen LogP) is 4.56. The molecule has 0 radical (unpaired) electrons. The second-order valence-corrected chi connectivity index (χ2v) is 8.24. The minimum atomic E-state index is -1.48. The summed E-state index contributed by atoms with van der Waals surface area (Å²) in [6.07, 6.45) is 6.03. The van der Waals surface area contributed by atoms with Gasteiger partial charge in [0, 0.05) is 16.7 Å². The molecule has 3 aromatic carbocycles. The number of hydrogen-bond donors (Lipinski definition) is 0. The van der Waals surface area contributed by atoms with E-state index in [1.807, 2.05) is 105 Å². The summed E-state index contributed by atoms with van der Waals surface area (Å²) in [7, 11) is -1.48. The maximum atomic E-state index is 4.93. The van der Waals surface area contributed by atoms with E-state index in [1.165, 1.54) is 0 Å². The minimum Gasteiger partial charge on any atom is -0.402 e. The van der Waals surface area contributed by atoms with Crippen LogP contribution in [0, 0.1) is 0 Å². The van der Waals surface area contributed by atoms with Crippen molar-refractivity contribution < 1.29 is 0 Å². The number of benzene rings is 3. The zero-order valence-corrected chi connectivity index (χ0v) is 23.6. The monoisotopic (exact) mass is 646 g/mol. The summed E-state index contributed by atoms with van der Waals surface area (Å²) in [5.74, 6) is 0. The van der Waals surface area contributed by atoms with Gasteiger partial charge in [0.2, 0.25) is 0 Å². The third kappa shape index (κ3) is 4.77. The third-order valence-corrected chi connectivity index (χ3v) is 6.00. The summed E-state index contributed by atoms with van der Waals surface area (Å²) in [5, 5.41) is 14.8. The molecular weight excluding hydrogens is 624 g/mol. The molecule has 8 heteroatoms. The van der Waals surface area contributed by atoms with Crippen LogP contribution in [0.1, 0.15) is 0 Å².